The number of imidazole rings is 1. The fourth-order valence-corrected chi connectivity index (χ4v) is 4.69. The molecule has 180 valence electrons. The van der Waals surface area contributed by atoms with E-state index in [-0.39, 0.29) is 24.1 Å². The molecule has 2 N–H and O–H groups in total. The molecule has 2 aliphatic heterocycles. The standard InChI is InChI=1S/C25H28N8O2/c1-3-4-12-32-22-21(29-25(32)31-11-7-8-17(26)14-31)13-27-33(24(22)35)16-18-15-30(2)23(34)19-9-5-6-10-20(19)28-18/h5-6,9-10,13,17H,7-8,11-12,14-16,26H2,1-2H3. The van der Waals surface area contributed by atoms with Gasteiger partial charge in [-0.05, 0) is 31.9 Å². The third-order valence-corrected chi connectivity index (χ3v) is 6.40. The Balaban J connectivity index is 1.56. The molecular weight excluding hydrogens is 444 g/mol. The monoisotopic (exact) mass is 472 g/mol. The Labute approximate surface area is 203 Å². The van der Waals surface area contributed by atoms with Gasteiger partial charge in [-0.3, -0.25) is 19.1 Å². The molecule has 2 aliphatic rings. The number of fused-ring (bicyclic) bond motifs is 2. The zero-order chi connectivity index (χ0) is 24.5. The summed E-state index contributed by atoms with van der Waals surface area (Å²) in [6, 6.07) is 7.30. The lowest BCUT2D eigenvalue weighted by molar-refractivity contribution is 0.0816. The zero-order valence-corrected chi connectivity index (χ0v) is 19.9. The van der Waals surface area contributed by atoms with Crippen molar-refractivity contribution in [1.82, 2.24) is 24.2 Å². The van der Waals surface area contributed by atoms with Gasteiger partial charge < -0.3 is 15.5 Å². The summed E-state index contributed by atoms with van der Waals surface area (Å²) in [5, 5.41) is 4.39. The highest BCUT2D eigenvalue weighted by molar-refractivity contribution is 6.04. The summed E-state index contributed by atoms with van der Waals surface area (Å²) in [4.78, 5) is 39.5. The molecule has 5 rings (SSSR count). The number of piperidine rings is 1. The van der Waals surface area contributed by atoms with Crippen LogP contribution in [-0.2, 0) is 13.1 Å². The lowest BCUT2D eigenvalue weighted by atomic mass is 10.1. The molecule has 0 saturated carbocycles. The SMILES string of the molecule is CC#CCn1c(N2CCCC(N)C2)nc2cnn(CC3=Nc4ccccc4C(=O)N(C)C3)c(=O)c21. The van der Waals surface area contributed by atoms with Gasteiger partial charge in [0.1, 0.15) is 11.0 Å². The number of nitrogens with two attached hydrogens (primary N) is 1. The van der Waals surface area contributed by atoms with Crippen LogP contribution in [0.4, 0.5) is 11.6 Å². The summed E-state index contributed by atoms with van der Waals surface area (Å²) in [7, 11) is 1.73. The Morgan fingerprint density at radius 3 is 2.86 bits per heavy atom. The Hall–Kier alpha value is -3.97. The molecule has 10 heteroatoms. The van der Waals surface area contributed by atoms with Crippen molar-refractivity contribution < 1.29 is 4.79 Å². The third-order valence-electron chi connectivity index (χ3n) is 6.40. The van der Waals surface area contributed by atoms with Crippen molar-refractivity contribution in [2.45, 2.75) is 38.9 Å². The molecule has 1 aromatic carbocycles. The number of para-hydroxylation sites is 1. The molecule has 1 unspecified atom stereocenters. The number of anilines is 1. The Bertz CT molecular complexity index is 1440. The van der Waals surface area contributed by atoms with Crippen molar-refractivity contribution in [2.75, 3.05) is 31.6 Å². The first-order chi connectivity index (χ1) is 17.0. The number of hydrogen-bond donors (Lipinski definition) is 1. The highest BCUT2D eigenvalue weighted by atomic mass is 16.2. The van der Waals surface area contributed by atoms with Crippen LogP contribution in [0.2, 0.25) is 0 Å². The van der Waals surface area contributed by atoms with Crippen LogP contribution in [0.25, 0.3) is 11.0 Å². The van der Waals surface area contributed by atoms with Crippen molar-refractivity contribution in [2.24, 2.45) is 10.7 Å². The third kappa shape index (κ3) is 4.31. The lowest BCUT2D eigenvalue weighted by Gasteiger charge is -2.31. The van der Waals surface area contributed by atoms with Crippen molar-refractivity contribution >= 4 is 34.3 Å². The molecule has 4 heterocycles. The minimum absolute atomic E-state index is 0.0693. The molecule has 1 atom stereocenters. The Kier molecular flexibility index (Phi) is 6.09. The van der Waals surface area contributed by atoms with E-state index < -0.39 is 0 Å². The first kappa shape index (κ1) is 22.8. The maximum absolute atomic E-state index is 13.6. The molecular formula is C25H28N8O2. The number of carbonyl (C=O) groups excluding carboxylic acids is 1. The van der Waals surface area contributed by atoms with Gasteiger partial charge in [0.05, 0.1) is 42.8 Å². The average molecular weight is 473 g/mol. The molecule has 10 nitrogen and oxygen atoms in total. The zero-order valence-electron chi connectivity index (χ0n) is 19.9. The second-order valence-electron chi connectivity index (χ2n) is 8.97. The molecule has 35 heavy (non-hydrogen) atoms. The van der Waals surface area contributed by atoms with Crippen molar-refractivity contribution in [1.29, 1.82) is 0 Å². The van der Waals surface area contributed by atoms with Crippen LogP contribution in [-0.4, -0.2) is 68.6 Å². The summed E-state index contributed by atoms with van der Waals surface area (Å²) in [5.74, 6) is 6.58. The highest BCUT2D eigenvalue weighted by Crippen LogP contribution is 2.25. The van der Waals surface area contributed by atoms with E-state index in [1.165, 1.54) is 4.68 Å². The predicted octanol–water partition coefficient (Wildman–Crippen LogP) is 1.40. The van der Waals surface area contributed by atoms with Crippen LogP contribution in [0, 0.1) is 11.8 Å². The van der Waals surface area contributed by atoms with Crippen molar-refractivity contribution in [3.8, 4) is 11.8 Å². The van der Waals surface area contributed by atoms with Gasteiger partial charge in [-0.1, -0.05) is 18.1 Å². The average Bonchev–Trinajstić information content (AvgIpc) is 3.18. The fourth-order valence-electron chi connectivity index (χ4n) is 4.69. The normalized spacial score (nSPS) is 18.1. The van der Waals surface area contributed by atoms with Crippen molar-refractivity contribution in [3.63, 3.8) is 0 Å². The van der Waals surface area contributed by atoms with Gasteiger partial charge in [0.25, 0.3) is 11.5 Å². The molecule has 0 radical (unpaired) electrons. The Morgan fingerprint density at radius 1 is 1.23 bits per heavy atom. The smallest absolute Gasteiger partial charge is 0.293 e. The summed E-state index contributed by atoms with van der Waals surface area (Å²) in [6.45, 7) is 4.09. The topological polar surface area (TPSA) is 115 Å². The van der Waals surface area contributed by atoms with E-state index >= 15 is 0 Å². The molecule has 1 amide bonds. The van der Waals surface area contributed by atoms with E-state index in [1.54, 1.807) is 37.2 Å². The van der Waals surface area contributed by atoms with Gasteiger partial charge in [-0.25, -0.2) is 9.67 Å². The van der Waals surface area contributed by atoms with E-state index in [9.17, 15) is 9.59 Å². The van der Waals surface area contributed by atoms with Gasteiger partial charge in [0.2, 0.25) is 5.95 Å². The molecule has 0 spiro atoms. The summed E-state index contributed by atoms with van der Waals surface area (Å²) < 4.78 is 3.25. The summed E-state index contributed by atoms with van der Waals surface area (Å²) in [5.41, 5.74) is 8.73. The van der Waals surface area contributed by atoms with Crippen LogP contribution in [0.5, 0.6) is 0 Å². The highest BCUT2D eigenvalue weighted by Gasteiger charge is 2.25. The van der Waals surface area contributed by atoms with E-state index in [1.807, 2.05) is 16.7 Å². The lowest BCUT2D eigenvalue weighted by Crippen LogP contribution is -2.44. The second kappa shape index (κ2) is 9.35. The van der Waals surface area contributed by atoms with Gasteiger partial charge >= 0.3 is 0 Å². The number of rotatable bonds is 4. The van der Waals surface area contributed by atoms with Crippen molar-refractivity contribution in [3.05, 3.63) is 46.4 Å². The molecule has 3 aromatic rings. The maximum atomic E-state index is 13.6. The van der Waals surface area contributed by atoms with Crippen LogP contribution < -0.4 is 16.2 Å². The van der Waals surface area contributed by atoms with E-state index in [0.29, 0.717) is 53.6 Å². The number of hydrogen-bond acceptors (Lipinski definition) is 7. The number of amides is 1. The molecule has 2 aromatic heterocycles. The van der Waals surface area contributed by atoms with E-state index in [4.69, 9.17) is 15.7 Å². The fraction of sp³-hybridized carbons (Fsp3) is 0.400. The number of carbonyl (C=O) groups is 1. The molecule has 1 saturated heterocycles. The number of nitrogens with zero attached hydrogens (tertiary/aromatic N) is 7. The second-order valence-corrected chi connectivity index (χ2v) is 8.97. The van der Waals surface area contributed by atoms with Gasteiger partial charge in [0.15, 0.2) is 0 Å². The predicted molar refractivity (Wildman–Crippen MR) is 135 cm³/mol. The Morgan fingerprint density at radius 2 is 2.06 bits per heavy atom. The quantitative estimate of drug-likeness (QED) is 0.574. The van der Waals surface area contributed by atoms with Gasteiger partial charge in [-0.2, -0.15) is 5.10 Å². The number of aliphatic imine (C=N–C) groups is 1. The van der Waals surface area contributed by atoms with Crippen LogP contribution in [0.3, 0.4) is 0 Å². The first-order valence-electron chi connectivity index (χ1n) is 11.7. The largest absolute Gasteiger partial charge is 0.341 e. The van der Waals surface area contributed by atoms with Crippen LogP contribution in [0.15, 0.2) is 40.2 Å². The number of aromatic nitrogens is 4. The summed E-state index contributed by atoms with van der Waals surface area (Å²) >= 11 is 0. The summed E-state index contributed by atoms with van der Waals surface area (Å²) in [6.07, 6.45) is 3.56. The molecule has 0 aliphatic carbocycles. The molecule has 1 fully saturated rings. The minimum atomic E-state index is -0.269. The van der Waals surface area contributed by atoms with E-state index in [2.05, 4.69) is 21.8 Å². The van der Waals surface area contributed by atoms with Gasteiger partial charge in [-0.15, -0.1) is 5.92 Å². The van der Waals surface area contributed by atoms with Crippen LogP contribution >= 0.6 is 0 Å². The minimum Gasteiger partial charge on any atom is -0.341 e. The maximum Gasteiger partial charge on any atom is 0.293 e. The van der Waals surface area contributed by atoms with Crippen LogP contribution in [0.1, 0.15) is 30.1 Å². The molecule has 0 bridgehead atoms. The number of benzene rings is 1. The first-order valence-corrected chi connectivity index (χ1v) is 11.7. The van der Waals surface area contributed by atoms with Gasteiger partial charge in [0, 0.05) is 26.2 Å². The van der Waals surface area contributed by atoms with E-state index in [0.717, 1.165) is 19.4 Å².